The van der Waals surface area contributed by atoms with E-state index in [-0.39, 0.29) is 10.3 Å². The number of rotatable bonds is 3. The minimum Gasteiger partial charge on any atom is -0.468 e. The fraction of sp³-hybridized carbons (Fsp3) is 0.0769. The molecule has 0 N–H and O–H groups in total. The third-order valence-electron chi connectivity index (χ3n) is 2.61. The van der Waals surface area contributed by atoms with Crippen molar-refractivity contribution in [1.29, 1.82) is 0 Å². The Bertz CT molecular complexity index is 721. The first-order valence-electron chi connectivity index (χ1n) is 5.58. The number of fused-ring (bicyclic) bond motifs is 1. The summed E-state index contributed by atoms with van der Waals surface area (Å²) in [7, 11) is 0. The minimum atomic E-state index is -0.125. The van der Waals surface area contributed by atoms with E-state index < -0.39 is 0 Å². The Labute approximate surface area is 118 Å². The van der Waals surface area contributed by atoms with E-state index in [1.54, 1.807) is 29.0 Å². The molecule has 0 saturated carbocycles. The fourth-order valence-electron chi connectivity index (χ4n) is 1.75. The van der Waals surface area contributed by atoms with Crippen molar-refractivity contribution in [3.8, 4) is 0 Å². The second-order valence-corrected chi connectivity index (χ2v) is 5.14. The molecular weight excluding hydrogens is 284 g/mol. The molecule has 3 aromatic rings. The van der Waals surface area contributed by atoms with Gasteiger partial charge >= 0.3 is 0 Å². The Morgan fingerprint density at radius 1 is 1.37 bits per heavy atom. The number of hydrogen-bond donors (Lipinski definition) is 0. The summed E-state index contributed by atoms with van der Waals surface area (Å²) < 4.78 is 6.88. The van der Waals surface area contributed by atoms with Crippen molar-refractivity contribution < 1.29 is 9.21 Å². The van der Waals surface area contributed by atoms with Gasteiger partial charge in [0, 0.05) is 6.20 Å². The molecule has 0 unspecified atom stereocenters. The average molecular weight is 293 g/mol. The van der Waals surface area contributed by atoms with E-state index in [4.69, 9.17) is 16.0 Å². The SMILES string of the molecule is O=C(SCc1ccco1)c1c(Cl)nc2ccccn12. The zero-order valence-corrected chi connectivity index (χ0v) is 11.3. The molecule has 0 spiro atoms. The Morgan fingerprint density at radius 2 is 2.26 bits per heavy atom. The van der Waals surface area contributed by atoms with Gasteiger partial charge in [-0.3, -0.25) is 9.20 Å². The van der Waals surface area contributed by atoms with Crippen LogP contribution in [0.4, 0.5) is 0 Å². The smallest absolute Gasteiger partial charge is 0.239 e. The van der Waals surface area contributed by atoms with Gasteiger partial charge in [-0.2, -0.15) is 0 Å². The normalized spacial score (nSPS) is 11.0. The largest absolute Gasteiger partial charge is 0.468 e. The van der Waals surface area contributed by atoms with E-state index in [0.29, 0.717) is 17.1 Å². The van der Waals surface area contributed by atoms with Crippen LogP contribution in [0.1, 0.15) is 16.2 Å². The van der Waals surface area contributed by atoms with E-state index in [2.05, 4.69) is 4.98 Å². The number of imidazole rings is 1. The molecule has 3 aromatic heterocycles. The second kappa shape index (κ2) is 5.11. The van der Waals surface area contributed by atoms with Crippen molar-refractivity contribution in [2.75, 3.05) is 0 Å². The first-order valence-corrected chi connectivity index (χ1v) is 6.94. The fourth-order valence-corrected chi connectivity index (χ4v) is 2.84. The zero-order chi connectivity index (χ0) is 13.2. The Balaban J connectivity index is 1.87. The van der Waals surface area contributed by atoms with Crippen molar-refractivity contribution >= 4 is 34.1 Å². The maximum absolute atomic E-state index is 12.2. The molecule has 0 atom stereocenters. The van der Waals surface area contributed by atoms with Gasteiger partial charge in [-0.25, -0.2) is 4.98 Å². The van der Waals surface area contributed by atoms with Crippen LogP contribution in [0.15, 0.2) is 47.2 Å². The van der Waals surface area contributed by atoms with Crippen molar-refractivity contribution in [2.45, 2.75) is 5.75 Å². The molecule has 0 aliphatic carbocycles. The number of pyridine rings is 1. The van der Waals surface area contributed by atoms with Gasteiger partial charge in [-0.15, -0.1) is 0 Å². The van der Waals surface area contributed by atoms with Crippen LogP contribution in [-0.4, -0.2) is 14.5 Å². The topological polar surface area (TPSA) is 47.5 Å². The molecule has 0 aliphatic heterocycles. The number of aromatic nitrogens is 2. The van der Waals surface area contributed by atoms with Gasteiger partial charge in [0.1, 0.15) is 17.1 Å². The lowest BCUT2D eigenvalue weighted by Crippen LogP contribution is -2.00. The number of hydrogen-bond acceptors (Lipinski definition) is 4. The van der Waals surface area contributed by atoms with E-state index in [0.717, 1.165) is 17.5 Å². The van der Waals surface area contributed by atoms with Crippen LogP contribution in [0.2, 0.25) is 5.15 Å². The Morgan fingerprint density at radius 3 is 3.05 bits per heavy atom. The first-order chi connectivity index (χ1) is 9.25. The van der Waals surface area contributed by atoms with Crippen LogP contribution in [-0.2, 0) is 5.75 Å². The van der Waals surface area contributed by atoms with E-state index in [9.17, 15) is 4.79 Å². The summed E-state index contributed by atoms with van der Waals surface area (Å²) in [6.45, 7) is 0. The third-order valence-corrected chi connectivity index (χ3v) is 3.75. The highest BCUT2D eigenvalue weighted by molar-refractivity contribution is 8.13. The standard InChI is InChI=1S/C13H9ClN2O2S/c14-12-11(16-6-2-1-5-10(16)15-12)13(17)19-8-9-4-3-7-18-9/h1-7H,8H2. The molecule has 3 heterocycles. The van der Waals surface area contributed by atoms with Crippen LogP contribution >= 0.6 is 23.4 Å². The third kappa shape index (κ3) is 2.39. The summed E-state index contributed by atoms with van der Waals surface area (Å²) in [6, 6.07) is 9.11. The summed E-state index contributed by atoms with van der Waals surface area (Å²) in [5.41, 5.74) is 1.06. The molecule has 4 nitrogen and oxygen atoms in total. The number of carbonyl (C=O) groups excluding carboxylic acids is 1. The Hall–Kier alpha value is -1.72. The molecule has 0 saturated heterocycles. The number of furan rings is 1. The van der Waals surface area contributed by atoms with Crippen LogP contribution in [0.3, 0.4) is 0 Å². The zero-order valence-electron chi connectivity index (χ0n) is 9.75. The lowest BCUT2D eigenvalue weighted by molar-refractivity contribution is 0.108. The number of nitrogens with zero attached hydrogens (tertiary/aromatic N) is 2. The lowest BCUT2D eigenvalue weighted by atomic mass is 10.4. The minimum absolute atomic E-state index is 0.125. The van der Waals surface area contributed by atoms with Crippen LogP contribution < -0.4 is 0 Å². The van der Waals surface area contributed by atoms with Crippen molar-refractivity contribution in [1.82, 2.24) is 9.38 Å². The molecule has 0 fully saturated rings. The summed E-state index contributed by atoms with van der Waals surface area (Å²) in [5.74, 6) is 1.23. The van der Waals surface area contributed by atoms with E-state index in [1.165, 1.54) is 0 Å². The molecule has 6 heteroatoms. The highest BCUT2D eigenvalue weighted by atomic mass is 35.5. The van der Waals surface area contributed by atoms with Crippen molar-refractivity contribution in [2.24, 2.45) is 0 Å². The maximum atomic E-state index is 12.2. The molecule has 0 aromatic carbocycles. The van der Waals surface area contributed by atoms with Crippen LogP contribution in [0.25, 0.3) is 5.65 Å². The summed E-state index contributed by atoms with van der Waals surface area (Å²) in [5, 5.41) is 0.100. The van der Waals surface area contributed by atoms with Gasteiger partial charge in [0.2, 0.25) is 5.12 Å². The van der Waals surface area contributed by atoms with Gasteiger partial charge in [-0.05, 0) is 24.3 Å². The summed E-state index contributed by atoms with van der Waals surface area (Å²) in [4.78, 5) is 16.4. The quantitative estimate of drug-likeness (QED) is 0.739. The first kappa shape index (κ1) is 12.3. The molecule has 0 bridgehead atoms. The lowest BCUT2D eigenvalue weighted by Gasteiger charge is -2.00. The molecular formula is C13H9ClN2O2S. The predicted molar refractivity (Wildman–Crippen MR) is 74.5 cm³/mol. The number of carbonyl (C=O) groups is 1. The Kier molecular flexibility index (Phi) is 3.31. The monoisotopic (exact) mass is 292 g/mol. The number of halogens is 1. The summed E-state index contributed by atoms with van der Waals surface area (Å²) >= 11 is 7.18. The van der Waals surface area contributed by atoms with Crippen molar-refractivity contribution in [3.05, 3.63) is 59.4 Å². The van der Waals surface area contributed by atoms with Gasteiger partial charge in [0.25, 0.3) is 0 Å². The molecule has 96 valence electrons. The second-order valence-electron chi connectivity index (χ2n) is 3.84. The highest BCUT2D eigenvalue weighted by Gasteiger charge is 2.18. The van der Waals surface area contributed by atoms with Gasteiger partial charge in [0.05, 0.1) is 12.0 Å². The number of thioether (sulfide) groups is 1. The average Bonchev–Trinajstić information content (AvgIpc) is 3.02. The van der Waals surface area contributed by atoms with E-state index in [1.807, 2.05) is 18.2 Å². The molecule has 0 amide bonds. The van der Waals surface area contributed by atoms with E-state index >= 15 is 0 Å². The highest BCUT2D eigenvalue weighted by Crippen LogP contribution is 2.24. The molecule has 19 heavy (non-hydrogen) atoms. The summed E-state index contributed by atoms with van der Waals surface area (Å²) in [6.07, 6.45) is 3.36. The molecule has 0 aliphatic rings. The van der Waals surface area contributed by atoms with Crippen LogP contribution in [0, 0.1) is 0 Å². The van der Waals surface area contributed by atoms with Crippen molar-refractivity contribution in [3.63, 3.8) is 0 Å². The van der Waals surface area contributed by atoms with Gasteiger partial charge in [0.15, 0.2) is 5.15 Å². The van der Waals surface area contributed by atoms with Gasteiger partial charge in [-0.1, -0.05) is 29.4 Å². The molecule has 0 radical (unpaired) electrons. The van der Waals surface area contributed by atoms with Gasteiger partial charge < -0.3 is 4.42 Å². The maximum Gasteiger partial charge on any atom is 0.239 e. The predicted octanol–water partition coefficient (Wildman–Crippen LogP) is 3.65. The molecule has 3 rings (SSSR count). The van der Waals surface area contributed by atoms with Crippen LogP contribution in [0.5, 0.6) is 0 Å².